The van der Waals surface area contributed by atoms with E-state index in [0.717, 1.165) is 18.7 Å². The summed E-state index contributed by atoms with van der Waals surface area (Å²) in [7, 11) is 3.73. The van der Waals surface area contributed by atoms with Gasteiger partial charge in [0.15, 0.2) is 5.82 Å². The van der Waals surface area contributed by atoms with E-state index in [-0.39, 0.29) is 12.0 Å². The number of nitrogens with zero attached hydrogens (tertiary/aromatic N) is 4. The molecular weight excluding hydrogens is 272 g/mol. The first-order valence-corrected chi connectivity index (χ1v) is 7.25. The number of amides is 1. The van der Waals surface area contributed by atoms with Gasteiger partial charge in [-0.05, 0) is 33.6 Å². The summed E-state index contributed by atoms with van der Waals surface area (Å²) in [6.45, 7) is 6.94. The van der Waals surface area contributed by atoms with Gasteiger partial charge in [0.1, 0.15) is 5.60 Å². The van der Waals surface area contributed by atoms with Gasteiger partial charge in [-0.25, -0.2) is 4.79 Å². The average Bonchev–Trinajstić information content (AvgIpc) is 2.86. The molecule has 0 radical (unpaired) electrons. The second-order valence-corrected chi connectivity index (χ2v) is 6.57. The Morgan fingerprint density at radius 1 is 1.33 bits per heavy atom. The number of aromatic nitrogens is 2. The minimum absolute atomic E-state index is 0.237. The largest absolute Gasteiger partial charge is 0.444 e. The molecule has 0 spiro atoms. The average molecular weight is 296 g/mol. The second kappa shape index (κ2) is 5.91. The molecule has 0 aromatic carbocycles. The van der Waals surface area contributed by atoms with Crippen LogP contribution in [0.3, 0.4) is 0 Å². The number of carbonyl (C=O) groups is 1. The number of likely N-dealkylation sites (tertiary alicyclic amines) is 1. The fourth-order valence-corrected chi connectivity index (χ4v) is 2.22. The van der Waals surface area contributed by atoms with Crippen molar-refractivity contribution in [2.45, 2.75) is 45.1 Å². The van der Waals surface area contributed by atoms with Crippen molar-refractivity contribution in [2.24, 2.45) is 0 Å². The van der Waals surface area contributed by atoms with Crippen molar-refractivity contribution >= 4 is 12.1 Å². The quantitative estimate of drug-likeness (QED) is 0.833. The highest BCUT2D eigenvalue weighted by atomic mass is 16.6. The molecule has 1 fully saturated rings. The highest BCUT2D eigenvalue weighted by Crippen LogP contribution is 2.27. The summed E-state index contributed by atoms with van der Waals surface area (Å²) >= 11 is 0. The standard InChI is InChI=1S/C14H24N4O3/c1-14(2,3)20-13(19)18-8-6-10(7-9-18)11-15-12(17(4)5)21-16-11/h10H,6-9H2,1-5H3. The molecule has 0 unspecified atom stereocenters. The Morgan fingerprint density at radius 3 is 2.43 bits per heavy atom. The Bertz CT molecular complexity index is 485. The summed E-state index contributed by atoms with van der Waals surface area (Å²) in [4.78, 5) is 19.9. The molecule has 1 amide bonds. The molecule has 0 saturated carbocycles. The van der Waals surface area contributed by atoms with E-state index in [9.17, 15) is 4.79 Å². The number of ether oxygens (including phenoxy) is 1. The lowest BCUT2D eigenvalue weighted by Gasteiger charge is -2.32. The number of hydrogen-bond acceptors (Lipinski definition) is 6. The number of hydrogen-bond donors (Lipinski definition) is 0. The molecule has 1 aliphatic heterocycles. The van der Waals surface area contributed by atoms with Crippen molar-refractivity contribution in [1.82, 2.24) is 15.0 Å². The highest BCUT2D eigenvalue weighted by Gasteiger charge is 2.29. The van der Waals surface area contributed by atoms with E-state index in [4.69, 9.17) is 9.26 Å². The Labute approximate surface area is 125 Å². The normalized spacial score (nSPS) is 16.9. The van der Waals surface area contributed by atoms with Crippen LogP contribution in [0.5, 0.6) is 0 Å². The van der Waals surface area contributed by atoms with E-state index in [2.05, 4.69) is 10.1 Å². The van der Waals surface area contributed by atoms with Gasteiger partial charge in [0, 0.05) is 33.1 Å². The topological polar surface area (TPSA) is 71.7 Å². The summed E-state index contributed by atoms with van der Waals surface area (Å²) in [6.07, 6.45) is 1.40. The Balaban J connectivity index is 1.89. The Kier molecular flexibility index (Phi) is 4.39. The van der Waals surface area contributed by atoms with E-state index in [1.54, 1.807) is 9.80 Å². The maximum absolute atomic E-state index is 12.0. The van der Waals surface area contributed by atoms with Crippen molar-refractivity contribution in [1.29, 1.82) is 0 Å². The van der Waals surface area contributed by atoms with Crippen LogP contribution in [-0.2, 0) is 4.74 Å². The third kappa shape index (κ3) is 4.09. The number of piperidine rings is 1. The SMILES string of the molecule is CN(C)c1nc(C2CCN(C(=O)OC(C)(C)C)CC2)no1. The minimum atomic E-state index is -0.456. The fourth-order valence-electron chi connectivity index (χ4n) is 2.22. The van der Waals surface area contributed by atoms with Gasteiger partial charge in [0.05, 0.1) is 0 Å². The van der Waals surface area contributed by atoms with Crippen LogP contribution in [0.1, 0.15) is 45.4 Å². The molecule has 0 atom stereocenters. The molecule has 1 saturated heterocycles. The van der Waals surface area contributed by atoms with Gasteiger partial charge in [0.2, 0.25) is 0 Å². The molecular formula is C14H24N4O3. The maximum Gasteiger partial charge on any atom is 0.410 e. The van der Waals surface area contributed by atoms with Gasteiger partial charge < -0.3 is 19.1 Å². The molecule has 118 valence electrons. The Hall–Kier alpha value is -1.79. The molecule has 1 aliphatic rings. The predicted molar refractivity (Wildman–Crippen MR) is 78.4 cm³/mol. The van der Waals surface area contributed by atoms with Crippen LogP contribution in [0.2, 0.25) is 0 Å². The molecule has 7 heteroatoms. The lowest BCUT2D eigenvalue weighted by Crippen LogP contribution is -2.41. The van der Waals surface area contributed by atoms with Crippen molar-refractivity contribution in [3.05, 3.63) is 5.82 Å². The first-order valence-electron chi connectivity index (χ1n) is 7.25. The van der Waals surface area contributed by atoms with Crippen molar-refractivity contribution in [2.75, 3.05) is 32.1 Å². The molecule has 21 heavy (non-hydrogen) atoms. The summed E-state index contributed by atoms with van der Waals surface area (Å²) in [6, 6.07) is 0.513. The van der Waals surface area contributed by atoms with Crippen LogP contribution < -0.4 is 4.90 Å². The molecule has 1 aromatic rings. The summed E-state index contributed by atoms with van der Waals surface area (Å²) < 4.78 is 10.6. The third-order valence-corrected chi connectivity index (χ3v) is 3.33. The smallest absolute Gasteiger partial charge is 0.410 e. The van der Waals surface area contributed by atoms with Gasteiger partial charge in [-0.1, -0.05) is 5.16 Å². The number of rotatable bonds is 2. The van der Waals surface area contributed by atoms with Crippen LogP contribution in [0.4, 0.5) is 10.8 Å². The molecule has 0 aliphatic carbocycles. The summed E-state index contributed by atoms with van der Waals surface area (Å²) in [5, 5.41) is 4.03. The lowest BCUT2D eigenvalue weighted by molar-refractivity contribution is 0.0203. The number of anilines is 1. The first-order chi connectivity index (χ1) is 9.76. The van der Waals surface area contributed by atoms with Crippen LogP contribution in [-0.4, -0.2) is 53.9 Å². The third-order valence-electron chi connectivity index (χ3n) is 3.33. The molecule has 7 nitrogen and oxygen atoms in total. The van der Waals surface area contributed by atoms with Crippen LogP contribution in [0, 0.1) is 0 Å². The number of carbonyl (C=O) groups excluding carboxylic acids is 1. The van der Waals surface area contributed by atoms with Crippen LogP contribution in [0.15, 0.2) is 4.52 Å². The zero-order chi connectivity index (χ0) is 15.6. The van der Waals surface area contributed by atoms with Crippen LogP contribution in [0.25, 0.3) is 0 Å². The van der Waals surface area contributed by atoms with Gasteiger partial charge in [-0.15, -0.1) is 0 Å². The molecule has 2 rings (SSSR count). The van der Waals surface area contributed by atoms with E-state index >= 15 is 0 Å². The zero-order valence-electron chi connectivity index (χ0n) is 13.4. The molecule has 0 bridgehead atoms. The van der Waals surface area contributed by atoms with E-state index in [1.807, 2.05) is 34.9 Å². The van der Waals surface area contributed by atoms with Crippen molar-refractivity contribution < 1.29 is 14.1 Å². The first kappa shape index (κ1) is 15.6. The molecule has 2 heterocycles. The summed E-state index contributed by atoms with van der Waals surface area (Å²) in [5.74, 6) is 0.962. The molecule has 1 aromatic heterocycles. The second-order valence-electron chi connectivity index (χ2n) is 6.57. The highest BCUT2D eigenvalue weighted by molar-refractivity contribution is 5.68. The molecule has 0 N–H and O–H groups in total. The van der Waals surface area contributed by atoms with E-state index < -0.39 is 5.60 Å². The Morgan fingerprint density at radius 2 is 1.95 bits per heavy atom. The fraction of sp³-hybridized carbons (Fsp3) is 0.786. The van der Waals surface area contributed by atoms with E-state index in [0.29, 0.717) is 19.1 Å². The van der Waals surface area contributed by atoms with Crippen molar-refractivity contribution in [3.8, 4) is 0 Å². The van der Waals surface area contributed by atoms with Gasteiger partial charge in [-0.3, -0.25) is 0 Å². The van der Waals surface area contributed by atoms with Gasteiger partial charge in [-0.2, -0.15) is 4.98 Å². The maximum atomic E-state index is 12.0. The zero-order valence-corrected chi connectivity index (χ0v) is 13.4. The van der Waals surface area contributed by atoms with Gasteiger partial charge >= 0.3 is 12.1 Å². The van der Waals surface area contributed by atoms with Crippen LogP contribution >= 0.6 is 0 Å². The predicted octanol–water partition coefficient (Wildman–Crippen LogP) is 2.25. The van der Waals surface area contributed by atoms with Crippen molar-refractivity contribution in [3.63, 3.8) is 0 Å². The van der Waals surface area contributed by atoms with E-state index in [1.165, 1.54) is 0 Å². The minimum Gasteiger partial charge on any atom is -0.444 e. The monoisotopic (exact) mass is 296 g/mol. The van der Waals surface area contributed by atoms with Gasteiger partial charge in [0.25, 0.3) is 0 Å². The lowest BCUT2D eigenvalue weighted by atomic mass is 9.96. The summed E-state index contributed by atoms with van der Waals surface area (Å²) in [5.41, 5.74) is -0.456.